The molecule has 0 fully saturated rings. The third-order valence-corrected chi connectivity index (χ3v) is 2.11. The summed E-state index contributed by atoms with van der Waals surface area (Å²) in [5.41, 5.74) is 0.389. The lowest BCUT2D eigenvalue weighted by Crippen LogP contribution is -2.31. The smallest absolute Gasteiger partial charge is 0.0616 e. The molecule has 0 heterocycles. The van der Waals surface area contributed by atoms with Crippen LogP contribution in [-0.2, 0) is 4.74 Å². The minimum absolute atomic E-state index is 0.389. The molecule has 0 aromatic heterocycles. The Morgan fingerprint density at radius 3 is 2.43 bits per heavy atom. The fourth-order valence-corrected chi connectivity index (χ4v) is 1.09. The Morgan fingerprint density at radius 2 is 1.93 bits per heavy atom. The number of nitrogens with one attached hydrogen (secondary N) is 1. The van der Waals surface area contributed by atoms with Crippen molar-refractivity contribution in [3.05, 3.63) is 0 Å². The maximum atomic E-state index is 5.61. The van der Waals surface area contributed by atoms with Crippen LogP contribution in [0.25, 0.3) is 0 Å². The van der Waals surface area contributed by atoms with E-state index in [1.54, 1.807) is 0 Å². The quantitative estimate of drug-likeness (QED) is 0.640. The Morgan fingerprint density at radius 1 is 1.29 bits per heavy atom. The van der Waals surface area contributed by atoms with Crippen molar-refractivity contribution in [2.75, 3.05) is 19.8 Å². The largest absolute Gasteiger partial charge is 0.380 e. The fourth-order valence-electron chi connectivity index (χ4n) is 1.09. The van der Waals surface area contributed by atoms with Crippen LogP contribution in [0.2, 0.25) is 0 Å². The van der Waals surface area contributed by atoms with E-state index in [0.29, 0.717) is 11.5 Å². The molecule has 1 N–H and O–H groups in total. The van der Waals surface area contributed by atoms with Crippen molar-refractivity contribution in [1.29, 1.82) is 0 Å². The van der Waals surface area contributed by atoms with Crippen molar-refractivity contribution in [3.63, 3.8) is 0 Å². The number of hydrogen-bond acceptors (Lipinski definition) is 2. The van der Waals surface area contributed by atoms with Crippen molar-refractivity contribution in [3.8, 4) is 0 Å². The summed E-state index contributed by atoms with van der Waals surface area (Å²) >= 11 is 0. The Bertz CT molecular complexity index is 129. The van der Waals surface area contributed by atoms with Gasteiger partial charge in [-0.1, -0.05) is 27.7 Å². The van der Waals surface area contributed by atoms with Gasteiger partial charge in [0.1, 0.15) is 0 Å². The summed E-state index contributed by atoms with van der Waals surface area (Å²) in [6.07, 6.45) is 2.32. The van der Waals surface area contributed by atoms with Gasteiger partial charge in [-0.2, -0.15) is 0 Å². The van der Waals surface area contributed by atoms with Gasteiger partial charge in [-0.05, 0) is 31.7 Å². The van der Waals surface area contributed by atoms with Crippen molar-refractivity contribution in [2.24, 2.45) is 5.41 Å². The van der Waals surface area contributed by atoms with Gasteiger partial charge in [0.05, 0.1) is 6.61 Å². The molecule has 0 radical (unpaired) electrons. The average molecular weight is 201 g/mol. The lowest BCUT2D eigenvalue weighted by molar-refractivity contribution is 0.0933. The average Bonchev–Trinajstić information content (AvgIpc) is 2.07. The van der Waals surface area contributed by atoms with E-state index in [2.05, 4.69) is 39.9 Å². The minimum Gasteiger partial charge on any atom is -0.380 e. The van der Waals surface area contributed by atoms with Crippen LogP contribution >= 0.6 is 0 Å². The molecular weight excluding hydrogens is 174 g/mol. The second kappa shape index (κ2) is 7.24. The molecule has 2 heteroatoms. The molecule has 0 aliphatic carbocycles. The van der Waals surface area contributed by atoms with E-state index in [-0.39, 0.29) is 0 Å². The van der Waals surface area contributed by atoms with Crippen LogP contribution in [-0.4, -0.2) is 25.8 Å². The zero-order chi connectivity index (χ0) is 11.0. The molecule has 0 spiro atoms. The first-order chi connectivity index (χ1) is 6.45. The SMILES string of the molecule is CCCNC(C)COCCC(C)(C)C. The minimum atomic E-state index is 0.389. The summed E-state index contributed by atoms with van der Waals surface area (Å²) in [6, 6.07) is 0.481. The van der Waals surface area contributed by atoms with Gasteiger partial charge in [-0.25, -0.2) is 0 Å². The summed E-state index contributed by atoms with van der Waals surface area (Å²) < 4.78 is 5.61. The Hall–Kier alpha value is -0.0800. The molecule has 86 valence electrons. The number of rotatable bonds is 7. The lowest BCUT2D eigenvalue weighted by atomic mass is 9.93. The second-order valence-electron chi connectivity index (χ2n) is 5.24. The van der Waals surface area contributed by atoms with Crippen LogP contribution in [0.15, 0.2) is 0 Å². The Labute approximate surface area is 89.4 Å². The Kier molecular flexibility index (Phi) is 7.20. The van der Waals surface area contributed by atoms with Crippen LogP contribution < -0.4 is 5.32 Å². The molecular formula is C12H27NO. The molecule has 1 unspecified atom stereocenters. The first-order valence-corrected chi connectivity index (χ1v) is 5.77. The van der Waals surface area contributed by atoms with Crippen LogP contribution in [0.1, 0.15) is 47.5 Å². The second-order valence-corrected chi connectivity index (χ2v) is 5.24. The van der Waals surface area contributed by atoms with Crippen molar-refractivity contribution >= 4 is 0 Å². The summed E-state index contributed by atoms with van der Waals surface area (Å²) in [5, 5.41) is 3.40. The van der Waals surface area contributed by atoms with E-state index in [4.69, 9.17) is 4.74 Å². The molecule has 14 heavy (non-hydrogen) atoms. The third-order valence-electron chi connectivity index (χ3n) is 2.11. The highest BCUT2D eigenvalue weighted by atomic mass is 16.5. The first-order valence-electron chi connectivity index (χ1n) is 5.77. The number of hydrogen-bond donors (Lipinski definition) is 1. The van der Waals surface area contributed by atoms with Gasteiger partial charge in [0.25, 0.3) is 0 Å². The van der Waals surface area contributed by atoms with E-state index in [1.165, 1.54) is 6.42 Å². The van der Waals surface area contributed by atoms with Gasteiger partial charge in [0.15, 0.2) is 0 Å². The van der Waals surface area contributed by atoms with Gasteiger partial charge in [-0.15, -0.1) is 0 Å². The predicted octanol–water partition coefficient (Wildman–Crippen LogP) is 2.83. The van der Waals surface area contributed by atoms with Crippen LogP contribution in [0.5, 0.6) is 0 Å². The summed E-state index contributed by atoms with van der Waals surface area (Å²) in [5.74, 6) is 0. The molecule has 2 nitrogen and oxygen atoms in total. The monoisotopic (exact) mass is 201 g/mol. The normalized spacial score (nSPS) is 14.4. The van der Waals surface area contributed by atoms with Gasteiger partial charge in [0, 0.05) is 12.6 Å². The summed E-state index contributed by atoms with van der Waals surface area (Å²) in [6.45, 7) is 13.9. The molecule has 0 aromatic rings. The summed E-state index contributed by atoms with van der Waals surface area (Å²) in [7, 11) is 0. The van der Waals surface area contributed by atoms with E-state index in [1.807, 2.05) is 0 Å². The molecule has 0 bridgehead atoms. The topological polar surface area (TPSA) is 21.3 Å². The third kappa shape index (κ3) is 10.0. The number of ether oxygens (including phenoxy) is 1. The highest BCUT2D eigenvalue weighted by molar-refractivity contribution is 4.62. The molecule has 1 atom stereocenters. The molecule has 0 aliphatic rings. The van der Waals surface area contributed by atoms with Gasteiger partial charge < -0.3 is 10.1 Å². The zero-order valence-electron chi connectivity index (χ0n) is 10.5. The van der Waals surface area contributed by atoms with Crippen LogP contribution in [0, 0.1) is 5.41 Å². The standard InChI is InChI=1S/C12H27NO/c1-6-8-13-11(2)10-14-9-7-12(3,4)5/h11,13H,6-10H2,1-5H3. The first kappa shape index (κ1) is 13.9. The maximum absolute atomic E-state index is 5.61. The molecule has 0 saturated heterocycles. The highest BCUT2D eigenvalue weighted by Crippen LogP contribution is 2.17. The molecule has 0 amide bonds. The lowest BCUT2D eigenvalue weighted by Gasteiger charge is -2.19. The predicted molar refractivity (Wildman–Crippen MR) is 62.6 cm³/mol. The molecule has 0 aliphatic heterocycles. The summed E-state index contributed by atoms with van der Waals surface area (Å²) in [4.78, 5) is 0. The fraction of sp³-hybridized carbons (Fsp3) is 1.00. The maximum Gasteiger partial charge on any atom is 0.0616 e. The van der Waals surface area contributed by atoms with Gasteiger partial charge in [0.2, 0.25) is 0 Å². The van der Waals surface area contributed by atoms with Crippen molar-refractivity contribution in [1.82, 2.24) is 5.32 Å². The van der Waals surface area contributed by atoms with E-state index in [9.17, 15) is 0 Å². The van der Waals surface area contributed by atoms with Crippen LogP contribution in [0.4, 0.5) is 0 Å². The van der Waals surface area contributed by atoms with E-state index in [0.717, 1.165) is 26.2 Å². The highest BCUT2D eigenvalue weighted by Gasteiger charge is 2.09. The van der Waals surface area contributed by atoms with E-state index >= 15 is 0 Å². The van der Waals surface area contributed by atoms with Crippen molar-refractivity contribution < 1.29 is 4.74 Å². The molecule has 0 saturated carbocycles. The van der Waals surface area contributed by atoms with Gasteiger partial charge in [-0.3, -0.25) is 0 Å². The van der Waals surface area contributed by atoms with Gasteiger partial charge >= 0.3 is 0 Å². The van der Waals surface area contributed by atoms with Crippen LogP contribution in [0.3, 0.4) is 0 Å². The Balaban J connectivity index is 3.27. The molecule has 0 aromatic carbocycles. The molecule has 0 rings (SSSR count). The van der Waals surface area contributed by atoms with E-state index < -0.39 is 0 Å². The van der Waals surface area contributed by atoms with Crippen molar-refractivity contribution in [2.45, 2.75) is 53.5 Å². The zero-order valence-corrected chi connectivity index (χ0v) is 10.5.